The highest BCUT2D eigenvalue weighted by molar-refractivity contribution is 5.98. The molecule has 2 aromatic rings. The van der Waals surface area contributed by atoms with E-state index in [1.807, 2.05) is 0 Å². The number of hydrogen-bond acceptors (Lipinski definition) is 6. The fourth-order valence-corrected chi connectivity index (χ4v) is 2.83. The Bertz CT molecular complexity index is 834. The van der Waals surface area contributed by atoms with Gasteiger partial charge >= 0.3 is 0 Å². The quantitative estimate of drug-likeness (QED) is 0.516. The van der Waals surface area contributed by atoms with Crippen LogP contribution >= 0.6 is 0 Å². The Morgan fingerprint density at radius 1 is 0.966 bits per heavy atom. The summed E-state index contributed by atoms with van der Waals surface area (Å²) in [4.78, 5) is 24.3. The molecule has 154 valence electrons. The van der Waals surface area contributed by atoms with Gasteiger partial charge in [0, 0.05) is 24.8 Å². The number of methoxy groups -OCH3 is 1. The average Bonchev–Trinajstić information content (AvgIpc) is 3.00. The number of carbonyl (C=O) groups is 2. The smallest absolute Gasteiger partial charge is 0.220 e. The molecule has 7 nitrogen and oxygen atoms in total. The maximum absolute atomic E-state index is 12.4. The molecule has 1 aliphatic heterocycles. The van der Waals surface area contributed by atoms with Crippen LogP contribution in [0.25, 0.3) is 0 Å². The van der Waals surface area contributed by atoms with Crippen LogP contribution in [0.3, 0.4) is 0 Å². The van der Waals surface area contributed by atoms with Crippen LogP contribution < -0.4 is 24.3 Å². The van der Waals surface area contributed by atoms with E-state index in [1.54, 1.807) is 49.6 Å². The Morgan fingerprint density at radius 3 is 2.45 bits per heavy atom. The van der Waals surface area contributed by atoms with Crippen molar-refractivity contribution >= 4 is 11.7 Å². The van der Waals surface area contributed by atoms with Crippen molar-refractivity contribution in [2.45, 2.75) is 19.3 Å². The van der Waals surface area contributed by atoms with E-state index < -0.39 is 0 Å². The Morgan fingerprint density at radius 2 is 1.69 bits per heavy atom. The third kappa shape index (κ3) is 6.14. The summed E-state index contributed by atoms with van der Waals surface area (Å²) >= 11 is 0. The first kappa shape index (κ1) is 20.5. The van der Waals surface area contributed by atoms with Gasteiger partial charge in [0.05, 0.1) is 26.9 Å². The van der Waals surface area contributed by atoms with Crippen molar-refractivity contribution in [1.29, 1.82) is 0 Å². The molecule has 3 rings (SSSR count). The standard InChI is InChI=1S/C22H25NO6/c1-26-17-4-6-18(7-5-17)27-14-11-23-22(25)10-8-19(24)16-3-9-20-21(15-16)29-13-2-12-28-20/h3-7,9,15H,2,8,10-14H2,1H3,(H,23,25). The molecule has 0 atom stereocenters. The number of fused-ring (bicyclic) bond motifs is 1. The first-order valence-corrected chi connectivity index (χ1v) is 9.62. The van der Waals surface area contributed by atoms with Crippen LogP contribution in [0.4, 0.5) is 0 Å². The van der Waals surface area contributed by atoms with Crippen LogP contribution in [0.5, 0.6) is 23.0 Å². The molecule has 1 N–H and O–H groups in total. The number of carbonyl (C=O) groups excluding carboxylic acids is 2. The summed E-state index contributed by atoms with van der Waals surface area (Å²) in [6.45, 7) is 1.87. The molecule has 0 spiro atoms. The third-order valence-corrected chi connectivity index (χ3v) is 4.40. The molecule has 29 heavy (non-hydrogen) atoms. The number of hydrogen-bond donors (Lipinski definition) is 1. The minimum absolute atomic E-state index is 0.106. The van der Waals surface area contributed by atoms with Gasteiger partial charge in [0.1, 0.15) is 18.1 Å². The van der Waals surface area contributed by atoms with Gasteiger partial charge in [-0.2, -0.15) is 0 Å². The zero-order valence-corrected chi connectivity index (χ0v) is 16.4. The lowest BCUT2D eigenvalue weighted by molar-refractivity contribution is -0.121. The summed E-state index contributed by atoms with van der Waals surface area (Å²) in [5, 5.41) is 2.75. The molecule has 0 unspecified atom stereocenters. The summed E-state index contributed by atoms with van der Waals surface area (Å²) < 4.78 is 21.8. The van der Waals surface area contributed by atoms with E-state index in [9.17, 15) is 9.59 Å². The lowest BCUT2D eigenvalue weighted by Crippen LogP contribution is -2.28. The Balaban J connectivity index is 1.37. The highest BCUT2D eigenvalue weighted by Crippen LogP contribution is 2.30. The van der Waals surface area contributed by atoms with E-state index in [0.29, 0.717) is 49.2 Å². The first-order valence-electron chi connectivity index (χ1n) is 9.62. The first-order chi connectivity index (χ1) is 14.2. The predicted molar refractivity (Wildman–Crippen MR) is 107 cm³/mol. The van der Waals surface area contributed by atoms with Crippen molar-refractivity contribution in [1.82, 2.24) is 5.32 Å². The molecule has 1 heterocycles. The second kappa shape index (κ2) is 10.4. The Kier molecular flexibility index (Phi) is 7.33. The van der Waals surface area contributed by atoms with E-state index in [2.05, 4.69) is 5.32 Å². The number of rotatable bonds is 9. The van der Waals surface area contributed by atoms with Gasteiger partial charge in [0.25, 0.3) is 0 Å². The molecule has 7 heteroatoms. The van der Waals surface area contributed by atoms with Crippen molar-refractivity contribution in [3.8, 4) is 23.0 Å². The normalized spacial score (nSPS) is 12.6. The molecule has 0 bridgehead atoms. The molecule has 0 radical (unpaired) electrons. The van der Waals surface area contributed by atoms with Crippen molar-refractivity contribution in [3.05, 3.63) is 48.0 Å². The largest absolute Gasteiger partial charge is 0.497 e. The fourth-order valence-electron chi connectivity index (χ4n) is 2.83. The molecule has 2 aromatic carbocycles. The molecular formula is C22H25NO6. The van der Waals surface area contributed by atoms with Crippen LogP contribution in [-0.4, -0.2) is 45.2 Å². The average molecular weight is 399 g/mol. The second-order valence-electron chi connectivity index (χ2n) is 6.51. The van der Waals surface area contributed by atoms with E-state index in [1.165, 1.54) is 0 Å². The maximum Gasteiger partial charge on any atom is 0.220 e. The lowest BCUT2D eigenvalue weighted by Gasteiger charge is -2.09. The predicted octanol–water partition coefficient (Wildman–Crippen LogP) is 3.01. The van der Waals surface area contributed by atoms with Gasteiger partial charge < -0.3 is 24.3 Å². The van der Waals surface area contributed by atoms with Gasteiger partial charge in [-0.1, -0.05) is 0 Å². The summed E-state index contributed by atoms with van der Waals surface area (Å²) in [7, 11) is 1.60. The number of nitrogens with one attached hydrogen (secondary N) is 1. The number of ketones is 1. The summed E-state index contributed by atoms with van der Waals surface area (Å²) in [6, 6.07) is 12.3. The number of ether oxygens (including phenoxy) is 4. The van der Waals surface area contributed by atoms with Gasteiger partial charge in [-0.15, -0.1) is 0 Å². The fraction of sp³-hybridized carbons (Fsp3) is 0.364. The second-order valence-corrected chi connectivity index (χ2v) is 6.51. The van der Waals surface area contributed by atoms with Gasteiger partial charge in [-0.3, -0.25) is 9.59 Å². The van der Waals surface area contributed by atoms with Crippen molar-refractivity contribution in [2.75, 3.05) is 33.5 Å². The van der Waals surface area contributed by atoms with Crippen LogP contribution in [0.15, 0.2) is 42.5 Å². The van der Waals surface area contributed by atoms with Crippen molar-refractivity contribution in [3.63, 3.8) is 0 Å². The topological polar surface area (TPSA) is 83.1 Å². The van der Waals surface area contributed by atoms with Crippen molar-refractivity contribution in [2.24, 2.45) is 0 Å². The molecule has 1 amide bonds. The number of Topliss-reactive ketones (excluding diaryl/α,β-unsaturated/α-hetero) is 1. The van der Waals surface area contributed by atoms with Crippen LogP contribution in [-0.2, 0) is 4.79 Å². The summed E-state index contributed by atoms with van der Waals surface area (Å²) in [6.07, 6.45) is 1.06. The molecular weight excluding hydrogens is 374 g/mol. The zero-order chi connectivity index (χ0) is 20.5. The molecule has 0 aromatic heterocycles. The van der Waals surface area contributed by atoms with Gasteiger partial charge in [-0.25, -0.2) is 0 Å². The summed E-state index contributed by atoms with van der Waals surface area (Å²) in [5.41, 5.74) is 0.518. The maximum atomic E-state index is 12.4. The molecule has 0 fully saturated rings. The van der Waals surface area contributed by atoms with Gasteiger partial charge in [-0.05, 0) is 42.5 Å². The Hall–Kier alpha value is -3.22. The highest BCUT2D eigenvalue weighted by Gasteiger charge is 2.15. The van der Waals surface area contributed by atoms with Crippen LogP contribution in [0, 0.1) is 0 Å². The SMILES string of the molecule is COc1ccc(OCCNC(=O)CCC(=O)c2ccc3c(c2)OCCCO3)cc1. The van der Waals surface area contributed by atoms with E-state index in [0.717, 1.165) is 12.2 Å². The molecule has 0 aliphatic carbocycles. The van der Waals surface area contributed by atoms with Crippen LogP contribution in [0.2, 0.25) is 0 Å². The van der Waals surface area contributed by atoms with Gasteiger partial charge in [0.15, 0.2) is 17.3 Å². The number of amides is 1. The highest BCUT2D eigenvalue weighted by atomic mass is 16.5. The van der Waals surface area contributed by atoms with E-state index in [4.69, 9.17) is 18.9 Å². The van der Waals surface area contributed by atoms with Gasteiger partial charge in [0.2, 0.25) is 5.91 Å². The van der Waals surface area contributed by atoms with E-state index in [-0.39, 0.29) is 24.5 Å². The Labute approximate surface area is 169 Å². The lowest BCUT2D eigenvalue weighted by atomic mass is 10.1. The van der Waals surface area contributed by atoms with E-state index >= 15 is 0 Å². The third-order valence-electron chi connectivity index (χ3n) is 4.40. The monoisotopic (exact) mass is 399 g/mol. The zero-order valence-electron chi connectivity index (χ0n) is 16.4. The molecule has 0 saturated carbocycles. The van der Waals surface area contributed by atoms with Crippen LogP contribution in [0.1, 0.15) is 29.6 Å². The molecule has 1 aliphatic rings. The van der Waals surface area contributed by atoms with Crippen molar-refractivity contribution < 1.29 is 28.5 Å². The summed E-state index contributed by atoms with van der Waals surface area (Å²) in [5.74, 6) is 2.38. The minimum atomic E-state index is -0.189. The molecule has 0 saturated heterocycles. The number of benzene rings is 2. The minimum Gasteiger partial charge on any atom is -0.497 e.